The van der Waals surface area contributed by atoms with Gasteiger partial charge in [0.05, 0.1) is 36.5 Å². The van der Waals surface area contributed by atoms with Gasteiger partial charge < -0.3 is 29.5 Å². The van der Waals surface area contributed by atoms with E-state index >= 15 is 0 Å². The van der Waals surface area contributed by atoms with Crippen LogP contribution in [0.3, 0.4) is 0 Å². The van der Waals surface area contributed by atoms with Crippen LogP contribution < -0.4 is 0 Å². The Morgan fingerprint density at radius 1 is 0.667 bits per heavy atom. The Morgan fingerprint density at radius 3 is 1.59 bits per heavy atom. The SMILES string of the molecule is O=C(OCCCO)c1ccc(C(=O)OCCCO)c(C(=O)OCCCO)c1. The number of esters is 3. The maximum atomic E-state index is 12.3. The summed E-state index contributed by atoms with van der Waals surface area (Å²) in [5, 5.41) is 26.2. The summed E-state index contributed by atoms with van der Waals surface area (Å²) in [6, 6.07) is 3.74. The zero-order valence-corrected chi connectivity index (χ0v) is 14.9. The molecule has 0 spiro atoms. The van der Waals surface area contributed by atoms with Crippen molar-refractivity contribution < 1.29 is 43.9 Å². The highest BCUT2D eigenvalue weighted by molar-refractivity contribution is 6.05. The van der Waals surface area contributed by atoms with Crippen molar-refractivity contribution in [2.24, 2.45) is 0 Å². The fourth-order valence-electron chi connectivity index (χ4n) is 1.95. The molecule has 0 saturated carbocycles. The van der Waals surface area contributed by atoms with Gasteiger partial charge in [-0.2, -0.15) is 0 Å². The van der Waals surface area contributed by atoms with Gasteiger partial charge in [-0.25, -0.2) is 14.4 Å². The number of aliphatic hydroxyl groups is 3. The fourth-order valence-corrected chi connectivity index (χ4v) is 1.95. The average Bonchev–Trinajstić information content (AvgIpc) is 2.67. The van der Waals surface area contributed by atoms with Crippen LogP contribution >= 0.6 is 0 Å². The lowest BCUT2D eigenvalue weighted by molar-refractivity contribution is 0.0431. The van der Waals surface area contributed by atoms with Crippen LogP contribution in [0.2, 0.25) is 0 Å². The van der Waals surface area contributed by atoms with Crippen molar-refractivity contribution in [3.63, 3.8) is 0 Å². The minimum absolute atomic E-state index is 0.0105. The molecule has 0 heterocycles. The second-order valence-corrected chi connectivity index (χ2v) is 5.40. The molecule has 0 aliphatic heterocycles. The minimum atomic E-state index is -0.845. The largest absolute Gasteiger partial charge is 0.462 e. The van der Waals surface area contributed by atoms with E-state index in [-0.39, 0.29) is 75.6 Å². The highest BCUT2D eigenvalue weighted by Gasteiger charge is 2.22. The first-order valence-corrected chi connectivity index (χ1v) is 8.53. The van der Waals surface area contributed by atoms with Gasteiger partial charge in [0.1, 0.15) is 0 Å². The van der Waals surface area contributed by atoms with Crippen molar-refractivity contribution in [3.8, 4) is 0 Å². The lowest BCUT2D eigenvalue weighted by Crippen LogP contribution is -2.17. The van der Waals surface area contributed by atoms with E-state index in [1.807, 2.05) is 0 Å². The Kier molecular flexibility index (Phi) is 10.7. The second-order valence-electron chi connectivity index (χ2n) is 5.40. The van der Waals surface area contributed by atoms with Gasteiger partial charge in [0.15, 0.2) is 0 Å². The molecule has 0 amide bonds. The highest BCUT2D eigenvalue weighted by atomic mass is 16.5. The Morgan fingerprint density at radius 2 is 1.11 bits per heavy atom. The van der Waals surface area contributed by atoms with E-state index in [1.165, 1.54) is 18.2 Å². The standard InChI is InChI=1S/C18H24O9/c19-6-1-9-25-16(22)13-4-5-14(17(23)26-10-2-7-20)15(12-13)18(24)27-11-3-8-21/h4-5,12,19-21H,1-3,6-11H2. The summed E-state index contributed by atoms with van der Waals surface area (Å²) in [6.07, 6.45) is 0.749. The lowest BCUT2D eigenvalue weighted by Gasteiger charge is -2.11. The summed E-state index contributed by atoms with van der Waals surface area (Å²) in [5.74, 6) is -2.35. The number of carbonyl (C=O) groups is 3. The van der Waals surface area contributed by atoms with E-state index in [4.69, 9.17) is 29.5 Å². The third-order valence-corrected chi connectivity index (χ3v) is 3.30. The van der Waals surface area contributed by atoms with Crippen LogP contribution in [0.4, 0.5) is 0 Å². The summed E-state index contributed by atoms with van der Waals surface area (Å²) in [7, 11) is 0. The molecule has 150 valence electrons. The van der Waals surface area contributed by atoms with Crippen LogP contribution in [-0.2, 0) is 14.2 Å². The van der Waals surface area contributed by atoms with Crippen molar-refractivity contribution >= 4 is 17.9 Å². The zero-order chi connectivity index (χ0) is 20.1. The molecule has 1 rings (SSSR count). The second kappa shape index (κ2) is 12.8. The van der Waals surface area contributed by atoms with Crippen LogP contribution in [-0.4, -0.2) is 72.9 Å². The molecule has 1 aromatic rings. The molecule has 0 fully saturated rings. The maximum Gasteiger partial charge on any atom is 0.339 e. The van der Waals surface area contributed by atoms with Crippen molar-refractivity contribution in [1.82, 2.24) is 0 Å². The quantitative estimate of drug-likeness (QED) is 0.264. The number of hydrogen-bond donors (Lipinski definition) is 3. The molecule has 0 saturated heterocycles. The van der Waals surface area contributed by atoms with Crippen LogP contribution in [0.25, 0.3) is 0 Å². The first-order chi connectivity index (χ1) is 13.0. The molecule has 9 heteroatoms. The van der Waals surface area contributed by atoms with Gasteiger partial charge in [0.25, 0.3) is 0 Å². The van der Waals surface area contributed by atoms with Gasteiger partial charge in [-0.3, -0.25) is 0 Å². The van der Waals surface area contributed by atoms with Crippen LogP contribution in [0.1, 0.15) is 50.3 Å². The number of rotatable bonds is 12. The first-order valence-electron chi connectivity index (χ1n) is 8.53. The zero-order valence-electron chi connectivity index (χ0n) is 14.9. The molecular formula is C18H24O9. The topological polar surface area (TPSA) is 140 Å². The Hall–Kier alpha value is -2.49. The van der Waals surface area contributed by atoms with Gasteiger partial charge in [0.2, 0.25) is 0 Å². The molecule has 0 aliphatic carbocycles. The van der Waals surface area contributed by atoms with Gasteiger partial charge in [-0.15, -0.1) is 0 Å². The van der Waals surface area contributed by atoms with Crippen LogP contribution in [0.5, 0.6) is 0 Å². The number of ether oxygens (including phenoxy) is 3. The maximum absolute atomic E-state index is 12.3. The van der Waals surface area contributed by atoms with Gasteiger partial charge in [0, 0.05) is 39.1 Å². The molecule has 3 N–H and O–H groups in total. The van der Waals surface area contributed by atoms with E-state index in [0.717, 1.165) is 0 Å². The summed E-state index contributed by atoms with van der Waals surface area (Å²) >= 11 is 0. The summed E-state index contributed by atoms with van der Waals surface area (Å²) in [4.78, 5) is 36.5. The molecule has 1 aromatic carbocycles. The van der Waals surface area contributed by atoms with E-state index in [9.17, 15) is 14.4 Å². The number of hydrogen-bond acceptors (Lipinski definition) is 9. The summed E-state index contributed by atoms with van der Waals surface area (Å²) in [6.45, 7) is -0.522. The van der Waals surface area contributed by atoms with Crippen LogP contribution in [0, 0.1) is 0 Å². The van der Waals surface area contributed by atoms with E-state index in [0.29, 0.717) is 0 Å². The molecule has 0 bridgehead atoms. The van der Waals surface area contributed by atoms with Crippen molar-refractivity contribution in [2.75, 3.05) is 39.6 Å². The Labute approximate surface area is 156 Å². The number of benzene rings is 1. The number of carbonyl (C=O) groups excluding carboxylic acids is 3. The predicted octanol–water partition coefficient (Wildman–Crippen LogP) is 0.304. The molecule has 0 aromatic heterocycles. The Bertz CT molecular complexity index is 627. The van der Waals surface area contributed by atoms with Crippen molar-refractivity contribution in [2.45, 2.75) is 19.3 Å². The Balaban J connectivity index is 3.01. The third kappa shape index (κ3) is 7.73. The molecular weight excluding hydrogens is 360 g/mol. The molecule has 0 aliphatic rings. The smallest absolute Gasteiger partial charge is 0.339 e. The van der Waals surface area contributed by atoms with E-state index in [1.54, 1.807) is 0 Å². The van der Waals surface area contributed by atoms with Crippen molar-refractivity contribution in [1.29, 1.82) is 0 Å². The first kappa shape index (κ1) is 22.6. The average molecular weight is 384 g/mol. The molecule has 27 heavy (non-hydrogen) atoms. The number of aliphatic hydroxyl groups excluding tert-OH is 3. The third-order valence-electron chi connectivity index (χ3n) is 3.30. The highest BCUT2D eigenvalue weighted by Crippen LogP contribution is 2.16. The van der Waals surface area contributed by atoms with Crippen LogP contribution in [0.15, 0.2) is 18.2 Å². The fraction of sp³-hybridized carbons (Fsp3) is 0.500. The molecule has 0 atom stereocenters. The predicted molar refractivity (Wildman–Crippen MR) is 92.4 cm³/mol. The monoisotopic (exact) mass is 384 g/mol. The summed E-state index contributed by atoms with van der Waals surface area (Å²) < 4.78 is 14.9. The van der Waals surface area contributed by atoms with Crippen molar-refractivity contribution in [3.05, 3.63) is 34.9 Å². The van der Waals surface area contributed by atoms with Gasteiger partial charge in [-0.1, -0.05) is 0 Å². The summed E-state index contributed by atoms with van der Waals surface area (Å²) in [5.41, 5.74) is -0.221. The van der Waals surface area contributed by atoms with Gasteiger partial charge >= 0.3 is 17.9 Å². The van der Waals surface area contributed by atoms with Gasteiger partial charge in [-0.05, 0) is 18.2 Å². The van der Waals surface area contributed by atoms with E-state index in [2.05, 4.69) is 0 Å². The van der Waals surface area contributed by atoms with E-state index < -0.39 is 17.9 Å². The molecule has 0 unspecified atom stereocenters. The normalized spacial score (nSPS) is 10.3. The lowest BCUT2D eigenvalue weighted by atomic mass is 10.0. The minimum Gasteiger partial charge on any atom is -0.462 e. The molecule has 0 radical (unpaired) electrons. The molecule has 9 nitrogen and oxygen atoms in total.